The molecule has 2 N–H and O–H groups in total. The molecule has 0 saturated carbocycles. The summed E-state index contributed by atoms with van der Waals surface area (Å²) < 4.78 is 4.47. The van der Waals surface area contributed by atoms with Gasteiger partial charge in [0.25, 0.3) is 0 Å². The van der Waals surface area contributed by atoms with E-state index in [4.69, 9.17) is 5.11 Å². The van der Waals surface area contributed by atoms with E-state index in [9.17, 15) is 9.90 Å². The van der Waals surface area contributed by atoms with Crippen LogP contribution in [0.1, 0.15) is 6.42 Å². The number of rotatable bonds is 3. The average Bonchev–Trinajstić information content (AvgIpc) is 2.24. The molecule has 3 unspecified atom stereocenters. The Morgan fingerprint density at radius 1 is 1.46 bits per heavy atom. The van der Waals surface area contributed by atoms with Gasteiger partial charge in [0.15, 0.2) is 0 Å². The standard InChI is InChI=1S/C8H15NO4/c1-9(2)4-3-5-6(10)8(12)13-7(5)11/h5-6,8,10,12H,3-4H2,1-2H3. The molecule has 0 aromatic carbocycles. The van der Waals surface area contributed by atoms with Gasteiger partial charge >= 0.3 is 5.97 Å². The topological polar surface area (TPSA) is 70.0 Å². The smallest absolute Gasteiger partial charge is 0.314 e. The van der Waals surface area contributed by atoms with Crippen LogP contribution in [0, 0.1) is 5.92 Å². The van der Waals surface area contributed by atoms with Crippen LogP contribution in [0.25, 0.3) is 0 Å². The van der Waals surface area contributed by atoms with Crippen molar-refractivity contribution in [3.05, 3.63) is 0 Å². The lowest BCUT2D eigenvalue weighted by molar-refractivity contribution is -0.159. The lowest BCUT2D eigenvalue weighted by Gasteiger charge is -2.14. The maximum Gasteiger partial charge on any atom is 0.314 e. The first kappa shape index (κ1) is 10.4. The summed E-state index contributed by atoms with van der Waals surface area (Å²) >= 11 is 0. The lowest BCUT2D eigenvalue weighted by Crippen LogP contribution is -2.29. The first-order chi connectivity index (χ1) is 6.02. The summed E-state index contributed by atoms with van der Waals surface area (Å²) in [6.07, 6.45) is -1.92. The molecule has 0 aromatic heterocycles. The predicted molar refractivity (Wildman–Crippen MR) is 44.8 cm³/mol. The molecular weight excluding hydrogens is 174 g/mol. The number of hydrogen-bond donors (Lipinski definition) is 2. The number of carbonyl (C=O) groups is 1. The van der Waals surface area contributed by atoms with Gasteiger partial charge in [0, 0.05) is 0 Å². The van der Waals surface area contributed by atoms with Gasteiger partial charge in [0.05, 0.1) is 5.92 Å². The molecule has 3 atom stereocenters. The van der Waals surface area contributed by atoms with E-state index in [1.54, 1.807) is 0 Å². The van der Waals surface area contributed by atoms with Crippen LogP contribution < -0.4 is 0 Å². The van der Waals surface area contributed by atoms with E-state index in [1.807, 2.05) is 19.0 Å². The van der Waals surface area contributed by atoms with Crippen molar-refractivity contribution in [1.82, 2.24) is 4.90 Å². The van der Waals surface area contributed by atoms with Crippen molar-refractivity contribution >= 4 is 5.97 Å². The van der Waals surface area contributed by atoms with Crippen LogP contribution in [-0.4, -0.2) is 54.1 Å². The molecule has 0 spiro atoms. The van der Waals surface area contributed by atoms with Gasteiger partial charge in [0.2, 0.25) is 6.29 Å². The second-order valence-corrected chi connectivity index (χ2v) is 3.52. The largest absolute Gasteiger partial charge is 0.433 e. The molecule has 0 amide bonds. The second-order valence-electron chi connectivity index (χ2n) is 3.52. The summed E-state index contributed by atoms with van der Waals surface area (Å²) in [5.41, 5.74) is 0. The third-order valence-corrected chi connectivity index (χ3v) is 2.13. The first-order valence-corrected chi connectivity index (χ1v) is 4.23. The second kappa shape index (κ2) is 4.04. The summed E-state index contributed by atoms with van der Waals surface area (Å²) in [6, 6.07) is 0. The molecular formula is C8H15NO4. The molecule has 1 saturated heterocycles. The number of aliphatic hydroxyl groups is 2. The fourth-order valence-electron chi connectivity index (χ4n) is 1.30. The summed E-state index contributed by atoms with van der Waals surface area (Å²) in [6.45, 7) is 0.684. The maximum absolute atomic E-state index is 11.0. The molecule has 0 aromatic rings. The van der Waals surface area contributed by atoms with Gasteiger partial charge in [-0.2, -0.15) is 0 Å². The summed E-state index contributed by atoms with van der Waals surface area (Å²) in [5.74, 6) is -1.10. The average molecular weight is 189 g/mol. The molecule has 1 aliphatic heterocycles. The highest BCUT2D eigenvalue weighted by Crippen LogP contribution is 2.23. The Balaban J connectivity index is 2.44. The van der Waals surface area contributed by atoms with Crippen LogP contribution in [0.2, 0.25) is 0 Å². The van der Waals surface area contributed by atoms with Gasteiger partial charge in [-0.25, -0.2) is 0 Å². The molecule has 13 heavy (non-hydrogen) atoms. The minimum atomic E-state index is -1.35. The molecule has 76 valence electrons. The van der Waals surface area contributed by atoms with E-state index in [1.165, 1.54) is 0 Å². The van der Waals surface area contributed by atoms with Crippen LogP contribution in [0.3, 0.4) is 0 Å². The Kier molecular flexibility index (Phi) is 3.24. The number of hydrogen-bond acceptors (Lipinski definition) is 5. The van der Waals surface area contributed by atoms with Crippen molar-refractivity contribution < 1.29 is 19.7 Å². The third-order valence-electron chi connectivity index (χ3n) is 2.13. The molecule has 5 heteroatoms. The van der Waals surface area contributed by atoms with Crippen LogP contribution in [0.15, 0.2) is 0 Å². The zero-order chi connectivity index (χ0) is 10.0. The number of esters is 1. The zero-order valence-corrected chi connectivity index (χ0v) is 7.80. The molecule has 0 bridgehead atoms. The molecule has 1 aliphatic rings. The summed E-state index contributed by atoms with van der Waals surface area (Å²) in [7, 11) is 3.76. The van der Waals surface area contributed by atoms with Gasteiger partial charge in [-0.3, -0.25) is 4.79 Å². The van der Waals surface area contributed by atoms with E-state index >= 15 is 0 Å². The van der Waals surface area contributed by atoms with Crippen molar-refractivity contribution in [2.75, 3.05) is 20.6 Å². The highest BCUT2D eigenvalue weighted by atomic mass is 16.7. The normalized spacial score (nSPS) is 33.9. The van der Waals surface area contributed by atoms with Crippen LogP contribution in [0.5, 0.6) is 0 Å². The van der Waals surface area contributed by atoms with E-state index in [0.717, 1.165) is 0 Å². The Morgan fingerprint density at radius 3 is 2.46 bits per heavy atom. The molecule has 5 nitrogen and oxygen atoms in total. The van der Waals surface area contributed by atoms with E-state index in [-0.39, 0.29) is 0 Å². The molecule has 0 aliphatic carbocycles. The summed E-state index contributed by atoms with van der Waals surface area (Å²) in [4.78, 5) is 13.0. The Labute approximate surface area is 76.9 Å². The number of nitrogens with zero attached hydrogens (tertiary/aromatic N) is 1. The number of ether oxygens (including phenoxy) is 1. The van der Waals surface area contributed by atoms with Gasteiger partial charge < -0.3 is 19.8 Å². The van der Waals surface area contributed by atoms with Crippen LogP contribution in [-0.2, 0) is 9.53 Å². The number of aliphatic hydroxyl groups excluding tert-OH is 2. The lowest BCUT2D eigenvalue weighted by atomic mass is 10.0. The SMILES string of the molecule is CN(C)CCC1C(=O)OC(O)C1O. The minimum Gasteiger partial charge on any atom is -0.433 e. The van der Waals surface area contributed by atoms with Crippen molar-refractivity contribution in [1.29, 1.82) is 0 Å². The maximum atomic E-state index is 11.0. The monoisotopic (exact) mass is 189 g/mol. The van der Waals surface area contributed by atoms with Gasteiger partial charge in [-0.05, 0) is 27.1 Å². The Hall–Kier alpha value is -0.650. The quantitative estimate of drug-likeness (QED) is 0.545. The molecule has 0 radical (unpaired) electrons. The van der Waals surface area contributed by atoms with E-state index in [0.29, 0.717) is 13.0 Å². The van der Waals surface area contributed by atoms with Crippen molar-refractivity contribution in [3.8, 4) is 0 Å². The van der Waals surface area contributed by atoms with Crippen molar-refractivity contribution in [2.24, 2.45) is 5.92 Å². The summed E-state index contributed by atoms with van der Waals surface area (Å²) in [5, 5.41) is 18.3. The van der Waals surface area contributed by atoms with Gasteiger partial charge in [-0.15, -0.1) is 0 Å². The van der Waals surface area contributed by atoms with E-state index in [2.05, 4.69) is 4.74 Å². The molecule has 1 heterocycles. The third kappa shape index (κ3) is 2.40. The Bertz CT molecular complexity index is 195. The van der Waals surface area contributed by atoms with Crippen molar-refractivity contribution in [3.63, 3.8) is 0 Å². The van der Waals surface area contributed by atoms with Crippen LogP contribution >= 0.6 is 0 Å². The van der Waals surface area contributed by atoms with Gasteiger partial charge in [-0.1, -0.05) is 0 Å². The highest BCUT2D eigenvalue weighted by Gasteiger charge is 2.42. The number of cyclic esters (lactones) is 1. The predicted octanol–water partition coefficient (Wildman–Crippen LogP) is -1.21. The molecule has 1 fully saturated rings. The Morgan fingerprint density at radius 2 is 2.08 bits per heavy atom. The minimum absolute atomic E-state index is 0.504. The molecule has 1 rings (SSSR count). The van der Waals surface area contributed by atoms with Crippen molar-refractivity contribution in [2.45, 2.75) is 18.8 Å². The first-order valence-electron chi connectivity index (χ1n) is 4.23. The fourth-order valence-corrected chi connectivity index (χ4v) is 1.30. The highest BCUT2D eigenvalue weighted by molar-refractivity contribution is 5.75. The number of carbonyl (C=O) groups excluding carboxylic acids is 1. The van der Waals surface area contributed by atoms with Gasteiger partial charge in [0.1, 0.15) is 6.10 Å². The van der Waals surface area contributed by atoms with E-state index < -0.39 is 24.3 Å². The zero-order valence-electron chi connectivity index (χ0n) is 7.80. The fraction of sp³-hybridized carbons (Fsp3) is 0.875. The van der Waals surface area contributed by atoms with Crippen LogP contribution in [0.4, 0.5) is 0 Å².